The molecule has 68 valence electrons. The van der Waals surface area contributed by atoms with Gasteiger partial charge in [-0.1, -0.05) is 12.1 Å². The second kappa shape index (κ2) is 4.35. The number of hydrogen-bond donors (Lipinski definition) is 0. The van der Waals surface area contributed by atoms with Crippen molar-refractivity contribution < 1.29 is 13.9 Å². The molecule has 0 aromatic heterocycles. The molecule has 13 heavy (non-hydrogen) atoms. The first-order chi connectivity index (χ1) is 6.22. The van der Waals surface area contributed by atoms with Crippen LogP contribution in [0.3, 0.4) is 0 Å². The SMILES string of the molecule is COC(=O)/N=C/c1cccc(F)c1. The normalized spacial score (nSPS) is 10.3. The number of halogens is 1. The Morgan fingerprint density at radius 1 is 1.62 bits per heavy atom. The number of amides is 1. The van der Waals surface area contributed by atoms with Gasteiger partial charge in [0.25, 0.3) is 0 Å². The monoisotopic (exact) mass is 181 g/mol. The minimum absolute atomic E-state index is 0.367. The van der Waals surface area contributed by atoms with Crippen molar-refractivity contribution in [2.45, 2.75) is 0 Å². The highest BCUT2D eigenvalue weighted by atomic mass is 19.1. The third-order valence-corrected chi connectivity index (χ3v) is 1.34. The van der Waals surface area contributed by atoms with Gasteiger partial charge in [-0.3, -0.25) is 0 Å². The number of methoxy groups -OCH3 is 1. The fraction of sp³-hybridized carbons (Fsp3) is 0.111. The van der Waals surface area contributed by atoms with E-state index in [0.29, 0.717) is 5.56 Å². The average Bonchev–Trinajstić information content (AvgIpc) is 2.14. The molecule has 1 rings (SSSR count). The summed E-state index contributed by atoms with van der Waals surface area (Å²) in [5, 5.41) is 0. The molecule has 1 aromatic rings. The molecular formula is C9H8FNO2. The number of nitrogens with zero attached hydrogens (tertiary/aromatic N) is 1. The fourth-order valence-corrected chi connectivity index (χ4v) is 0.767. The van der Waals surface area contributed by atoms with Gasteiger partial charge in [0.05, 0.1) is 7.11 Å². The van der Waals surface area contributed by atoms with Gasteiger partial charge in [-0.25, -0.2) is 9.18 Å². The van der Waals surface area contributed by atoms with Crippen LogP contribution in [0.4, 0.5) is 9.18 Å². The van der Waals surface area contributed by atoms with E-state index in [0.717, 1.165) is 0 Å². The van der Waals surface area contributed by atoms with E-state index in [1.807, 2.05) is 0 Å². The maximum Gasteiger partial charge on any atom is 0.433 e. The van der Waals surface area contributed by atoms with Crippen molar-refractivity contribution in [2.75, 3.05) is 7.11 Å². The van der Waals surface area contributed by atoms with Crippen LogP contribution in [0.1, 0.15) is 5.56 Å². The lowest BCUT2D eigenvalue weighted by Gasteiger charge is -1.92. The Morgan fingerprint density at radius 3 is 3.00 bits per heavy atom. The molecule has 0 spiro atoms. The Labute approximate surface area is 74.9 Å². The molecule has 0 atom stereocenters. The van der Waals surface area contributed by atoms with Crippen LogP contribution in [0.2, 0.25) is 0 Å². The first-order valence-corrected chi connectivity index (χ1v) is 3.60. The smallest absolute Gasteiger partial charge is 0.433 e. The van der Waals surface area contributed by atoms with Crippen molar-refractivity contribution in [3.05, 3.63) is 35.6 Å². The predicted molar refractivity (Wildman–Crippen MR) is 46.4 cm³/mol. The molecule has 0 unspecified atom stereocenters. The second-order valence-electron chi connectivity index (χ2n) is 2.28. The van der Waals surface area contributed by atoms with E-state index in [9.17, 15) is 9.18 Å². The highest BCUT2D eigenvalue weighted by Crippen LogP contribution is 2.00. The quantitative estimate of drug-likeness (QED) is 0.621. The number of carbonyl (C=O) groups is 1. The molecule has 0 aliphatic heterocycles. The molecule has 0 saturated heterocycles. The first kappa shape index (κ1) is 9.38. The van der Waals surface area contributed by atoms with Crippen LogP contribution >= 0.6 is 0 Å². The molecule has 0 fully saturated rings. The zero-order valence-corrected chi connectivity index (χ0v) is 7.03. The van der Waals surface area contributed by atoms with Crippen molar-refractivity contribution in [1.82, 2.24) is 0 Å². The molecule has 0 radical (unpaired) electrons. The Kier molecular flexibility index (Phi) is 3.14. The van der Waals surface area contributed by atoms with Gasteiger partial charge in [0.2, 0.25) is 0 Å². The van der Waals surface area contributed by atoms with Crippen LogP contribution in [0.25, 0.3) is 0 Å². The number of rotatable bonds is 1. The molecule has 3 nitrogen and oxygen atoms in total. The summed E-state index contributed by atoms with van der Waals surface area (Å²) in [6, 6.07) is 5.76. The van der Waals surface area contributed by atoms with Gasteiger partial charge in [0, 0.05) is 6.21 Å². The van der Waals surface area contributed by atoms with E-state index in [1.165, 1.54) is 31.5 Å². The minimum Gasteiger partial charge on any atom is -0.451 e. The van der Waals surface area contributed by atoms with E-state index in [-0.39, 0.29) is 5.82 Å². The number of aliphatic imine (C=N–C) groups is 1. The van der Waals surface area contributed by atoms with Gasteiger partial charge in [0.15, 0.2) is 0 Å². The molecule has 0 saturated carbocycles. The van der Waals surface area contributed by atoms with Gasteiger partial charge in [-0.15, -0.1) is 0 Å². The standard InChI is InChI=1S/C9H8FNO2/c1-13-9(12)11-6-7-3-2-4-8(10)5-7/h2-6H,1H3/b11-6+. The van der Waals surface area contributed by atoms with Crippen LogP contribution in [0, 0.1) is 5.82 Å². The topological polar surface area (TPSA) is 38.7 Å². The summed E-state index contributed by atoms with van der Waals surface area (Å²) in [5.41, 5.74) is 0.519. The maximum atomic E-state index is 12.6. The minimum atomic E-state index is -0.704. The number of ether oxygens (including phenoxy) is 1. The van der Waals surface area contributed by atoms with Crippen molar-refractivity contribution in [1.29, 1.82) is 0 Å². The number of hydrogen-bond acceptors (Lipinski definition) is 2. The van der Waals surface area contributed by atoms with Crippen LogP contribution in [0.15, 0.2) is 29.3 Å². The van der Waals surface area contributed by atoms with Crippen molar-refractivity contribution in [2.24, 2.45) is 4.99 Å². The van der Waals surface area contributed by atoms with Crippen molar-refractivity contribution in [3.63, 3.8) is 0 Å². The van der Waals surface area contributed by atoms with E-state index >= 15 is 0 Å². The molecular weight excluding hydrogens is 173 g/mol. The highest BCUT2D eigenvalue weighted by molar-refractivity contribution is 5.88. The van der Waals surface area contributed by atoms with Gasteiger partial charge in [-0.2, -0.15) is 4.99 Å². The summed E-state index contributed by atoms with van der Waals surface area (Å²) in [6.45, 7) is 0. The zero-order valence-electron chi connectivity index (χ0n) is 7.03. The van der Waals surface area contributed by atoms with Crippen LogP contribution in [-0.4, -0.2) is 19.4 Å². The van der Waals surface area contributed by atoms with E-state index < -0.39 is 6.09 Å². The largest absolute Gasteiger partial charge is 0.451 e. The Hall–Kier alpha value is -1.71. The molecule has 0 bridgehead atoms. The third kappa shape index (κ3) is 3.02. The van der Waals surface area contributed by atoms with E-state index in [4.69, 9.17) is 0 Å². The van der Waals surface area contributed by atoms with Crippen molar-refractivity contribution in [3.8, 4) is 0 Å². The summed E-state index contributed by atoms with van der Waals surface area (Å²) in [6.07, 6.45) is 0.541. The third-order valence-electron chi connectivity index (χ3n) is 1.34. The molecule has 4 heteroatoms. The van der Waals surface area contributed by atoms with Gasteiger partial charge >= 0.3 is 6.09 Å². The van der Waals surface area contributed by atoms with Gasteiger partial charge in [0.1, 0.15) is 5.82 Å². The van der Waals surface area contributed by atoms with E-state index in [2.05, 4.69) is 9.73 Å². The summed E-state index contributed by atoms with van der Waals surface area (Å²) in [5.74, 6) is -0.367. The van der Waals surface area contributed by atoms with Crippen LogP contribution in [0.5, 0.6) is 0 Å². The number of carbonyl (C=O) groups excluding carboxylic acids is 1. The number of benzene rings is 1. The van der Waals surface area contributed by atoms with Crippen molar-refractivity contribution >= 4 is 12.3 Å². The molecule has 1 amide bonds. The summed E-state index contributed by atoms with van der Waals surface area (Å²) in [4.78, 5) is 14.0. The highest BCUT2D eigenvalue weighted by Gasteiger charge is 1.94. The molecule has 0 aliphatic rings. The van der Waals surface area contributed by atoms with E-state index in [1.54, 1.807) is 6.07 Å². The Balaban J connectivity index is 2.74. The Morgan fingerprint density at radius 2 is 2.38 bits per heavy atom. The predicted octanol–water partition coefficient (Wildman–Crippen LogP) is 2.01. The van der Waals surface area contributed by atoms with Crippen LogP contribution < -0.4 is 0 Å². The molecule has 0 N–H and O–H groups in total. The lowest BCUT2D eigenvalue weighted by atomic mass is 10.2. The Bertz CT molecular complexity index is 336. The summed E-state index contributed by atoms with van der Waals surface area (Å²) < 4.78 is 16.9. The average molecular weight is 181 g/mol. The second-order valence-corrected chi connectivity index (χ2v) is 2.28. The molecule has 0 aliphatic carbocycles. The summed E-state index contributed by atoms with van der Waals surface area (Å²) in [7, 11) is 1.23. The van der Waals surface area contributed by atoms with Gasteiger partial charge in [-0.05, 0) is 17.7 Å². The van der Waals surface area contributed by atoms with Gasteiger partial charge < -0.3 is 4.74 Å². The zero-order chi connectivity index (χ0) is 9.68. The maximum absolute atomic E-state index is 12.6. The lowest BCUT2D eigenvalue weighted by molar-refractivity contribution is 0.183. The summed E-state index contributed by atoms with van der Waals surface area (Å²) >= 11 is 0. The molecule has 1 aromatic carbocycles. The van der Waals surface area contributed by atoms with Crippen LogP contribution in [-0.2, 0) is 4.74 Å². The fourth-order valence-electron chi connectivity index (χ4n) is 0.767. The molecule has 0 heterocycles. The first-order valence-electron chi connectivity index (χ1n) is 3.60. The lowest BCUT2D eigenvalue weighted by Crippen LogP contribution is -1.93.